The topological polar surface area (TPSA) is 47.0 Å². The molecule has 1 aromatic heterocycles. The average Bonchev–Trinajstić information content (AvgIpc) is 2.86. The fourth-order valence-electron chi connectivity index (χ4n) is 1.47. The Morgan fingerprint density at radius 2 is 2.20 bits per heavy atom. The van der Waals surface area contributed by atoms with Crippen molar-refractivity contribution in [2.45, 2.75) is 29.8 Å². The highest BCUT2D eigenvalue weighted by atomic mass is 79.9. The Morgan fingerprint density at radius 3 is 2.67 bits per heavy atom. The van der Waals surface area contributed by atoms with Gasteiger partial charge in [-0.2, -0.15) is 0 Å². The zero-order valence-electron chi connectivity index (χ0n) is 8.36. The molecule has 0 saturated heterocycles. The van der Waals surface area contributed by atoms with E-state index in [1.54, 1.807) is 0 Å². The largest absolute Gasteiger partial charge is 0.245 e. The number of hydrogen-bond acceptors (Lipinski definition) is 4. The minimum absolute atomic E-state index is 0.0738. The minimum Gasteiger partial charge on any atom is -0.245 e. The zero-order chi connectivity index (χ0) is 11.1. The van der Waals surface area contributed by atoms with Crippen molar-refractivity contribution < 1.29 is 8.42 Å². The molecule has 0 aliphatic heterocycles. The minimum atomic E-state index is -2.96. The van der Waals surface area contributed by atoms with Gasteiger partial charge in [-0.3, -0.25) is 0 Å². The normalized spacial score (nSPS) is 16.9. The molecule has 0 spiro atoms. The standard InChI is InChI=1S/C9H12BrNO2S2/c1-15(12,13)5-8-11-9(6-2-3-6)7(4-10)14-8/h6H,2-5H2,1H3. The first-order valence-corrected chi connectivity index (χ1v) is 8.71. The number of nitrogens with zero attached hydrogens (tertiary/aromatic N) is 1. The molecule has 1 aliphatic carbocycles. The molecule has 3 nitrogen and oxygen atoms in total. The van der Waals surface area contributed by atoms with Crippen molar-refractivity contribution in [3.8, 4) is 0 Å². The van der Waals surface area contributed by atoms with Crippen molar-refractivity contribution in [3.63, 3.8) is 0 Å². The van der Waals surface area contributed by atoms with Crippen LogP contribution in [0.4, 0.5) is 0 Å². The van der Waals surface area contributed by atoms with E-state index in [2.05, 4.69) is 20.9 Å². The van der Waals surface area contributed by atoms with E-state index >= 15 is 0 Å². The Morgan fingerprint density at radius 1 is 1.53 bits per heavy atom. The molecule has 6 heteroatoms. The second-order valence-corrected chi connectivity index (χ2v) is 7.76. The molecule has 0 N–H and O–H groups in total. The van der Waals surface area contributed by atoms with Gasteiger partial charge in [-0.25, -0.2) is 13.4 Å². The molecule has 0 atom stereocenters. The number of aromatic nitrogens is 1. The van der Waals surface area contributed by atoms with Gasteiger partial charge in [-0.05, 0) is 12.8 Å². The molecule has 15 heavy (non-hydrogen) atoms. The maximum absolute atomic E-state index is 11.1. The summed E-state index contributed by atoms with van der Waals surface area (Å²) in [5.74, 6) is 0.659. The lowest BCUT2D eigenvalue weighted by Crippen LogP contribution is -2.00. The Balaban J connectivity index is 2.26. The molecule has 0 radical (unpaired) electrons. The predicted octanol–water partition coefficient (Wildman–Crippen LogP) is 2.46. The smallest absolute Gasteiger partial charge is 0.153 e. The van der Waals surface area contributed by atoms with Gasteiger partial charge in [-0.1, -0.05) is 15.9 Å². The molecular formula is C9H12BrNO2S2. The second kappa shape index (κ2) is 4.14. The molecule has 84 valence electrons. The summed E-state index contributed by atoms with van der Waals surface area (Å²) in [5.41, 5.74) is 1.12. The molecule has 1 heterocycles. The lowest BCUT2D eigenvalue weighted by Gasteiger charge is -1.92. The van der Waals surface area contributed by atoms with Gasteiger partial charge in [0.2, 0.25) is 0 Å². The van der Waals surface area contributed by atoms with Gasteiger partial charge >= 0.3 is 0 Å². The summed E-state index contributed by atoms with van der Waals surface area (Å²) in [6.45, 7) is 0. The molecule has 0 bridgehead atoms. The highest BCUT2D eigenvalue weighted by Crippen LogP contribution is 2.43. The van der Waals surface area contributed by atoms with E-state index in [0.717, 1.165) is 16.0 Å². The first kappa shape index (κ1) is 11.5. The maximum atomic E-state index is 11.1. The summed E-state index contributed by atoms with van der Waals surface area (Å²) < 4.78 is 22.3. The third-order valence-electron chi connectivity index (χ3n) is 2.24. The summed E-state index contributed by atoms with van der Waals surface area (Å²) in [7, 11) is -2.96. The third-order valence-corrected chi connectivity index (χ3v) is 5.23. The number of sulfone groups is 1. The van der Waals surface area contributed by atoms with Crippen LogP contribution in [0.15, 0.2) is 0 Å². The number of hydrogen-bond donors (Lipinski definition) is 0. The SMILES string of the molecule is CS(=O)(=O)Cc1nc(C2CC2)c(CBr)s1. The van der Waals surface area contributed by atoms with E-state index < -0.39 is 9.84 Å². The van der Waals surface area contributed by atoms with E-state index in [1.165, 1.54) is 35.3 Å². The first-order chi connectivity index (χ1) is 6.99. The molecule has 2 rings (SSSR count). The first-order valence-electron chi connectivity index (χ1n) is 4.72. The van der Waals surface area contributed by atoms with Crippen LogP contribution < -0.4 is 0 Å². The van der Waals surface area contributed by atoms with Crippen molar-refractivity contribution in [2.75, 3.05) is 6.26 Å². The Bertz CT molecular complexity index is 462. The fourth-order valence-corrected chi connectivity index (χ4v) is 4.29. The van der Waals surface area contributed by atoms with Crippen LogP contribution >= 0.6 is 27.3 Å². The van der Waals surface area contributed by atoms with Crippen LogP contribution in [0.1, 0.15) is 34.3 Å². The number of halogens is 1. The summed E-state index contributed by atoms with van der Waals surface area (Å²) in [6.07, 6.45) is 3.64. The van der Waals surface area contributed by atoms with Crippen molar-refractivity contribution in [2.24, 2.45) is 0 Å². The van der Waals surface area contributed by atoms with Crippen LogP contribution in [-0.4, -0.2) is 19.7 Å². The number of rotatable bonds is 4. The van der Waals surface area contributed by atoms with Crippen molar-refractivity contribution in [1.29, 1.82) is 0 Å². The van der Waals surface area contributed by atoms with E-state index in [4.69, 9.17) is 0 Å². The van der Waals surface area contributed by atoms with Crippen molar-refractivity contribution in [3.05, 3.63) is 15.6 Å². The van der Waals surface area contributed by atoms with Crippen LogP contribution in [0.3, 0.4) is 0 Å². The van der Waals surface area contributed by atoms with Crippen LogP contribution in [0.5, 0.6) is 0 Å². The summed E-state index contributed by atoms with van der Waals surface area (Å²) >= 11 is 4.94. The number of thiazole rings is 1. The molecule has 0 aromatic carbocycles. The number of alkyl halides is 1. The van der Waals surface area contributed by atoms with Gasteiger partial charge in [0.1, 0.15) is 10.8 Å². The molecule has 0 amide bonds. The second-order valence-electron chi connectivity index (χ2n) is 3.89. The zero-order valence-corrected chi connectivity index (χ0v) is 11.6. The lowest BCUT2D eigenvalue weighted by atomic mass is 10.3. The van der Waals surface area contributed by atoms with Crippen LogP contribution in [-0.2, 0) is 20.9 Å². The summed E-state index contributed by atoms with van der Waals surface area (Å²) in [5, 5.41) is 1.51. The molecule has 1 fully saturated rings. The highest BCUT2D eigenvalue weighted by molar-refractivity contribution is 9.08. The van der Waals surface area contributed by atoms with Crippen molar-refractivity contribution >= 4 is 37.1 Å². The Kier molecular flexibility index (Phi) is 3.19. The van der Waals surface area contributed by atoms with E-state index in [9.17, 15) is 8.42 Å². The predicted molar refractivity (Wildman–Crippen MR) is 65.3 cm³/mol. The quantitative estimate of drug-likeness (QED) is 0.803. The summed E-state index contributed by atoms with van der Waals surface area (Å²) in [4.78, 5) is 5.63. The fraction of sp³-hybridized carbons (Fsp3) is 0.667. The highest BCUT2D eigenvalue weighted by Gasteiger charge is 2.29. The van der Waals surface area contributed by atoms with Crippen molar-refractivity contribution in [1.82, 2.24) is 4.98 Å². The average molecular weight is 310 g/mol. The Hall–Kier alpha value is 0.0600. The monoisotopic (exact) mass is 309 g/mol. The van der Waals surface area contributed by atoms with Crippen LogP contribution in [0.25, 0.3) is 0 Å². The molecular weight excluding hydrogens is 298 g/mol. The van der Waals surface area contributed by atoms with Gasteiger partial charge in [0.25, 0.3) is 0 Å². The third kappa shape index (κ3) is 3.01. The van der Waals surface area contributed by atoms with Crippen LogP contribution in [0, 0.1) is 0 Å². The maximum Gasteiger partial charge on any atom is 0.153 e. The van der Waals surface area contributed by atoms with Crippen LogP contribution in [0.2, 0.25) is 0 Å². The van der Waals surface area contributed by atoms with E-state index in [-0.39, 0.29) is 5.75 Å². The summed E-state index contributed by atoms with van der Waals surface area (Å²) in [6, 6.07) is 0. The lowest BCUT2D eigenvalue weighted by molar-refractivity contribution is 0.601. The molecule has 1 saturated carbocycles. The molecule has 1 aliphatic rings. The van der Waals surface area contributed by atoms with E-state index in [0.29, 0.717) is 5.92 Å². The van der Waals surface area contributed by atoms with Gasteiger partial charge in [0, 0.05) is 22.4 Å². The Labute approximate surface area is 102 Å². The van der Waals surface area contributed by atoms with Gasteiger partial charge in [0.15, 0.2) is 9.84 Å². The van der Waals surface area contributed by atoms with Gasteiger partial charge in [-0.15, -0.1) is 11.3 Å². The molecule has 1 aromatic rings. The van der Waals surface area contributed by atoms with Gasteiger partial charge in [0.05, 0.1) is 5.69 Å². The van der Waals surface area contributed by atoms with E-state index in [1.807, 2.05) is 0 Å². The van der Waals surface area contributed by atoms with Gasteiger partial charge < -0.3 is 0 Å². The molecule has 0 unspecified atom stereocenters.